The Morgan fingerprint density at radius 1 is 1.00 bits per heavy atom. The molecule has 0 aliphatic carbocycles. The van der Waals surface area contributed by atoms with Crippen molar-refractivity contribution in [3.8, 4) is 0 Å². The lowest BCUT2D eigenvalue weighted by atomic mass is 10.1. The molecule has 4 N–H and O–H groups in total. The van der Waals surface area contributed by atoms with E-state index in [-0.39, 0.29) is 12.5 Å². The van der Waals surface area contributed by atoms with Crippen LogP contribution in [0, 0.1) is 13.8 Å². The van der Waals surface area contributed by atoms with E-state index in [1.54, 1.807) is 0 Å². The van der Waals surface area contributed by atoms with Crippen LogP contribution in [-0.4, -0.2) is 24.1 Å². The Morgan fingerprint density at radius 3 is 2.50 bits per heavy atom. The SMILES string of the molecule is Cc1ccc(NCC(=O)NNC(=S)NCCCc2ccccc2)cc1C. The number of carbonyl (C=O) groups excluding carboxylic acids is 1. The van der Waals surface area contributed by atoms with Crippen molar-refractivity contribution in [3.05, 3.63) is 65.2 Å². The fourth-order valence-corrected chi connectivity index (χ4v) is 2.54. The van der Waals surface area contributed by atoms with Gasteiger partial charge in [-0.05, 0) is 67.7 Å². The largest absolute Gasteiger partial charge is 0.376 e. The Kier molecular flexibility index (Phi) is 7.89. The average molecular weight is 371 g/mol. The van der Waals surface area contributed by atoms with Gasteiger partial charge in [-0.25, -0.2) is 0 Å². The van der Waals surface area contributed by atoms with Crippen molar-refractivity contribution in [2.24, 2.45) is 0 Å². The molecule has 138 valence electrons. The molecule has 0 spiro atoms. The number of thiocarbonyl (C=S) groups is 1. The highest BCUT2D eigenvalue weighted by atomic mass is 32.1. The van der Waals surface area contributed by atoms with Gasteiger partial charge in [0.25, 0.3) is 5.91 Å². The number of hydrazine groups is 1. The Balaban J connectivity index is 1.57. The van der Waals surface area contributed by atoms with Gasteiger partial charge in [0, 0.05) is 12.2 Å². The first-order valence-corrected chi connectivity index (χ1v) is 9.13. The normalized spacial score (nSPS) is 10.1. The maximum atomic E-state index is 11.9. The van der Waals surface area contributed by atoms with Crippen molar-refractivity contribution >= 4 is 28.9 Å². The van der Waals surface area contributed by atoms with Crippen molar-refractivity contribution < 1.29 is 4.79 Å². The highest BCUT2D eigenvalue weighted by Gasteiger charge is 2.03. The average Bonchev–Trinajstić information content (AvgIpc) is 2.65. The van der Waals surface area contributed by atoms with Crippen molar-refractivity contribution in [2.45, 2.75) is 26.7 Å². The Labute approximate surface area is 160 Å². The van der Waals surface area contributed by atoms with E-state index < -0.39 is 0 Å². The number of hydrogen-bond donors (Lipinski definition) is 4. The number of amides is 1. The third-order valence-electron chi connectivity index (χ3n) is 4.05. The van der Waals surface area contributed by atoms with E-state index in [0.717, 1.165) is 25.1 Å². The molecule has 0 saturated carbocycles. The lowest BCUT2D eigenvalue weighted by molar-refractivity contribution is -0.119. The van der Waals surface area contributed by atoms with Gasteiger partial charge in [0.2, 0.25) is 0 Å². The first kappa shape index (κ1) is 19.7. The molecule has 1 amide bonds. The molecular formula is C20H26N4OS. The van der Waals surface area contributed by atoms with Gasteiger partial charge in [0.15, 0.2) is 5.11 Å². The summed E-state index contributed by atoms with van der Waals surface area (Å²) in [5.74, 6) is -0.184. The number of benzene rings is 2. The van der Waals surface area contributed by atoms with E-state index >= 15 is 0 Å². The molecule has 5 nitrogen and oxygen atoms in total. The number of hydrogen-bond acceptors (Lipinski definition) is 3. The minimum absolute atomic E-state index is 0.173. The van der Waals surface area contributed by atoms with Gasteiger partial charge < -0.3 is 10.6 Å². The molecule has 0 unspecified atom stereocenters. The molecule has 0 aromatic heterocycles. The summed E-state index contributed by atoms with van der Waals surface area (Å²) in [6.45, 7) is 5.02. The molecule has 0 bridgehead atoms. The second-order valence-electron chi connectivity index (χ2n) is 6.17. The lowest BCUT2D eigenvalue weighted by Gasteiger charge is -2.12. The highest BCUT2D eigenvalue weighted by molar-refractivity contribution is 7.80. The van der Waals surface area contributed by atoms with E-state index in [1.165, 1.54) is 16.7 Å². The van der Waals surface area contributed by atoms with Gasteiger partial charge in [-0.15, -0.1) is 0 Å². The maximum absolute atomic E-state index is 11.9. The summed E-state index contributed by atoms with van der Waals surface area (Å²) in [5, 5.41) is 6.59. The second kappa shape index (κ2) is 10.4. The third kappa shape index (κ3) is 7.11. The number of aryl methyl sites for hydroxylation is 3. The Bertz CT molecular complexity index is 734. The molecule has 0 saturated heterocycles. The molecule has 0 atom stereocenters. The summed E-state index contributed by atoms with van der Waals surface area (Å²) >= 11 is 5.15. The van der Waals surface area contributed by atoms with Crippen LogP contribution in [0.3, 0.4) is 0 Å². The first-order chi connectivity index (χ1) is 12.5. The van der Waals surface area contributed by atoms with Gasteiger partial charge in [-0.2, -0.15) is 0 Å². The predicted octanol–water partition coefficient (Wildman–Crippen LogP) is 2.84. The zero-order valence-electron chi connectivity index (χ0n) is 15.3. The molecule has 0 aliphatic heterocycles. The van der Waals surface area contributed by atoms with Gasteiger partial charge >= 0.3 is 0 Å². The van der Waals surface area contributed by atoms with E-state index in [9.17, 15) is 4.79 Å². The summed E-state index contributed by atoms with van der Waals surface area (Å²) in [6, 6.07) is 16.3. The first-order valence-electron chi connectivity index (χ1n) is 8.72. The molecule has 6 heteroatoms. The molecule has 2 aromatic carbocycles. The predicted molar refractivity (Wildman–Crippen MR) is 111 cm³/mol. The van der Waals surface area contributed by atoms with Crippen LogP contribution in [0.15, 0.2) is 48.5 Å². The molecule has 2 rings (SSSR count). The van der Waals surface area contributed by atoms with Gasteiger partial charge in [0.1, 0.15) is 0 Å². The van der Waals surface area contributed by atoms with Gasteiger partial charge in [-0.1, -0.05) is 36.4 Å². The summed E-state index contributed by atoms with van der Waals surface area (Å²) in [6.07, 6.45) is 1.96. The minimum Gasteiger partial charge on any atom is -0.376 e. The molecule has 0 fully saturated rings. The van der Waals surface area contributed by atoms with E-state index in [0.29, 0.717) is 5.11 Å². The van der Waals surface area contributed by atoms with Crippen molar-refractivity contribution in [2.75, 3.05) is 18.4 Å². The fraction of sp³-hybridized carbons (Fsp3) is 0.300. The van der Waals surface area contributed by atoms with Gasteiger partial charge in [-0.3, -0.25) is 15.6 Å². The molecule has 26 heavy (non-hydrogen) atoms. The standard InChI is InChI=1S/C20H26N4OS/c1-15-10-11-18(13-16(15)2)22-14-19(25)23-24-20(26)21-12-6-9-17-7-4-3-5-8-17/h3-5,7-8,10-11,13,22H,6,9,12,14H2,1-2H3,(H,23,25)(H2,21,24,26). The topological polar surface area (TPSA) is 65.2 Å². The number of rotatable bonds is 7. The molecule has 0 radical (unpaired) electrons. The molecule has 0 aliphatic rings. The molecule has 0 heterocycles. The number of anilines is 1. The van der Waals surface area contributed by atoms with Crippen molar-refractivity contribution in [1.29, 1.82) is 0 Å². The van der Waals surface area contributed by atoms with Crippen molar-refractivity contribution in [3.63, 3.8) is 0 Å². The molecular weight excluding hydrogens is 344 g/mol. The maximum Gasteiger partial charge on any atom is 0.257 e. The van der Waals surface area contributed by atoms with Crippen LogP contribution in [0.1, 0.15) is 23.1 Å². The van der Waals surface area contributed by atoms with Crippen LogP contribution < -0.4 is 21.5 Å². The van der Waals surface area contributed by atoms with E-state index in [1.807, 2.05) is 43.3 Å². The number of carbonyl (C=O) groups is 1. The zero-order valence-corrected chi connectivity index (χ0v) is 16.1. The highest BCUT2D eigenvalue weighted by Crippen LogP contribution is 2.13. The van der Waals surface area contributed by atoms with E-state index in [4.69, 9.17) is 12.2 Å². The lowest BCUT2D eigenvalue weighted by Crippen LogP contribution is -2.48. The smallest absolute Gasteiger partial charge is 0.257 e. The van der Waals surface area contributed by atoms with Crippen LogP contribution >= 0.6 is 12.2 Å². The molecule has 2 aromatic rings. The van der Waals surface area contributed by atoms with Gasteiger partial charge in [0.05, 0.1) is 6.54 Å². The second-order valence-corrected chi connectivity index (χ2v) is 6.58. The minimum atomic E-state index is -0.184. The summed E-state index contributed by atoms with van der Waals surface area (Å²) in [7, 11) is 0. The van der Waals surface area contributed by atoms with Crippen LogP contribution in [0.5, 0.6) is 0 Å². The van der Waals surface area contributed by atoms with Crippen LogP contribution in [0.4, 0.5) is 5.69 Å². The monoisotopic (exact) mass is 370 g/mol. The summed E-state index contributed by atoms with van der Waals surface area (Å²) in [5.41, 5.74) is 9.94. The number of nitrogens with one attached hydrogen (secondary N) is 4. The summed E-state index contributed by atoms with van der Waals surface area (Å²) in [4.78, 5) is 11.9. The van der Waals surface area contributed by atoms with Crippen LogP contribution in [0.2, 0.25) is 0 Å². The van der Waals surface area contributed by atoms with Crippen molar-refractivity contribution in [1.82, 2.24) is 16.2 Å². The summed E-state index contributed by atoms with van der Waals surface area (Å²) < 4.78 is 0. The quantitative estimate of drug-likeness (QED) is 0.343. The van der Waals surface area contributed by atoms with Crippen LogP contribution in [0.25, 0.3) is 0 Å². The third-order valence-corrected chi connectivity index (χ3v) is 4.29. The Morgan fingerprint density at radius 2 is 1.77 bits per heavy atom. The van der Waals surface area contributed by atoms with E-state index in [2.05, 4.69) is 40.5 Å². The fourth-order valence-electron chi connectivity index (χ4n) is 2.39. The Hall–Kier alpha value is -2.60. The zero-order chi connectivity index (χ0) is 18.8. The van der Waals surface area contributed by atoms with Crippen LogP contribution in [-0.2, 0) is 11.2 Å².